The fourth-order valence-electron chi connectivity index (χ4n) is 1.96. The second kappa shape index (κ2) is 6.54. The molecule has 0 saturated carbocycles. The van der Waals surface area contributed by atoms with E-state index in [4.69, 9.17) is 4.42 Å². The molecule has 1 rings (SSSR count). The van der Waals surface area contributed by atoms with Gasteiger partial charge in [0.2, 0.25) is 0 Å². The van der Waals surface area contributed by atoms with E-state index in [2.05, 4.69) is 4.72 Å². The van der Waals surface area contributed by atoms with E-state index in [0.29, 0.717) is 6.54 Å². The Labute approximate surface area is 116 Å². The lowest BCUT2D eigenvalue weighted by Crippen LogP contribution is -2.39. The minimum Gasteiger partial charge on any atom is -0.466 e. The first-order chi connectivity index (χ1) is 8.77. The molecular weight excluding hydrogens is 264 g/mol. The van der Waals surface area contributed by atoms with Gasteiger partial charge >= 0.3 is 0 Å². The van der Waals surface area contributed by atoms with Crippen LogP contribution in [-0.4, -0.2) is 26.3 Å². The summed E-state index contributed by atoms with van der Waals surface area (Å²) < 4.78 is 33.7. The van der Waals surface area contributed by atoms with E-state index in [-0.39, 0.29) is 6.04 Å². The number of furan rings is 1. The van der Waals surface area contributed by atoms with E-state index in [0.717, 1.165) is 29.9 Å². The average Bonchev–Trinajstić information content (AvgIpc) is 2.64. The van der Waals surface area contributed by atoms with Crippen LogP contribution < -0.4 is 4.72 Å². The number of unbranched alkanes of at least 4 members (excludes halogenated alkanes) is 1. The highest BCUT2D eigenvalue weighted by Crippen LogP contribution is 2.22. The third-order valence-corrected chi connectivity index (χ3v) is 4.76. The zero-order valence-corrected chi connectivity index (χ0v) is 13.2. The van der Waals surface area contributed by atoms with E-state index < -0.39 is 10.2 Å². The van der Waals surface area contributed by atoms with E-state index in [1.807, 2.05) is 33.8 Å². The molecule has 1 N–H and O–H groups in total. The van der Waals surface area contributed by atoms with Gasteiger partial charge in [0, 0.05) is 25.2 Å². The smallest absolute Gasteiger partial charge is 0.279 e. The summed E-state index contributed by atoms with van der Waals surface area (Å²) in [7, 11) is -1.85. The van der Waals surface area contributed by atoms with Gasteiger partial charge in [0.15, 0.2) is 0 Å². The van der Waals surface area contributed by atoms with Gasteiger partial charge < -0.3 is 4.42 Å². The first-order valence-electron chi connectivity index (χ1n) is 6.58. The van der Waals surface area contributed by atoms with Crippen molar-refractivity contribution in [2.75, 3.05) is 13.6 Å². The van der Waals surface area contributed by atoms with E-state index in [9.17, 15) is 8.42 Å². The van der Waals surface area contributed by atoms with Crippen molar-refractivity contribution in [2.24, 2.45) is 0 Å². The number of aryl methyl sites for hydroxylation is 2. The van der Waals surface area contributed by atoms with Crippen LogP contribution in [0.1, 0.15) is 49.8 Å². The molecule has 1 atom stereocenters. The van der Waals surface area contributed by atoms with Crippen molar-refractivity contribution < 1.29 is 12.8 Å². The third kappa shape index (κ3) is 4.33. The van der Waals surface area contributed by atoms with E-state index in [1.54, 1.807) is 7.05 Å². The van der Waals surface area contributed by atoms with Crippen molar-refractivity contribution in [3.05, 3.63) is 23.2 Å². The largest absolute Gasteiger partial charge is 0.466 e. The predicted molar refractivity (Wildman–Crippen MR) is 76.2 cm³/mol. The monoisotopic (exact) mass is 288 g/mol. The quantitative estimate of drug-likeness (QED) is 0.838. The number of hydrogen-bond donors (Lipinski definition) is 1. The fraction of sp³-hybridized carbons (Fsp3) is 0.692. The summed E-state index contributed by atoms with van der Waals surface area (Å²) in [6.45, 7) is 8.08. The number of nitrogens with one attached hydrogen (secondary N) is 1. The van der Waals surface area contributed by atoms with Gasteiger partial charge in [-0.2, -0.15) is 17.4 Å². The Balaban J connectivity index is 2.75. The number of rotatable bonds is 7. The Morgan fingerprint density at radius 3 is 2.53 bits per heavy atom. The van der Waals surface area contributed by atoms with Gasteiger partial charge in [-0.3, -0.25) is 0 Å². The average molecular weight is 288 g/mol. The number of hydrogen-bond acceptors (Lipinski definition) is 3. The summed E-state index contributed by atoms with van der Waals surface area (Å²) in [4.78, 5) is 0. The summed E-state index contributed by atoms with van der Waals surface area (Å²) in [5, 5.41) is 0. The zero-order chi connectivity index (χ0) is 14.6. The molecule has 5 nitrogen and oxygen atoms in total. The topological polar surface area (TPSA) is 62.6 Å². The molecule has 0 amide bonds. The Morgan fingerprint density at radius 2 is 2.05 bits per heavy atom. The van der Waals surface area contributed by atoms with Crippen LogP contribution in [0.4, 0.5) is 0 Å². The van der Waals surface area contributed by atoms with Crippen LogP contribution in [0.2, 0.25) is 0 Å². The molecule has 0 unspecified atom stereocenters. The van der Waals surface area contributed by atoms with Crippen LogP contribution in [0, 0.1) is 13.8 Å². The Morgan fingerprint density at radius 1 is 1.42 bits per heavy atom. The highest BCUT2D eigenvalue weighted by atomic mass is 32.2. The van der Waals surface area contributed by atoms with Crippen LogP contribution in [-0.2, 0) is 10.2 Å². The van der Waals surface area contributed by atoms with Crippen molar-refractivity contribution in [1.29, 1.82) is 0 Å². The lowest BCUT2D eigenvalue weighted by atomic mass is 10.1. The molecule has 0 aliphatic rings. The lowest BCUT2D eigenvalue weighted by molar-refractivity contribution is 0.441. The molecule has 110 valence electrons. The van der Waals surface area contributed by atoms with Crippen molar-refractivity contribution in [3.63, 3.8) is 0 Å². The standard InChI is InChI=1S/C13H24N2O3S/c1-6-7-8-15(5)19(16,17)14-11(3)13-9-10(2)18-12(13)4/h9,11,14H,6-8H2,1-5H3/t11-/m1/s1. The molecule has 1 heterocycles. The first kappa shape index (κ1) is 16.2. The maximum atomic E-state index is 12.1. The predicted octanol–water partition coefficient (Wildman–Crippen LogP) is 2.52. The first-order valence-corrected chi connectivity index (χ1v) is 8.02. The molecule has 0 aliphatic carbocycles. The maximum absolute atomic E-state index is 12.1. The zero-order valence-electron chi connectivity index (χ0n) is 12.4. The van der Waals surface area contributed by atoms with Gasteiger partial charge in [-0.05, 0) is 33.3 Å². The highest BCUT2D eigenvalue weighted by Gasteiger charge is 2.22. The summed E-state index contributed by atoms with van der Waals surface area (Å²) in [5.74, 6) is 1.54. The summed E-state index contributed by atoms with van der Waals surface area (Å²) in [6, 6.07) is 1.57. The van der Waals surface area contributed by atoms with Crippen molar-refractivity contribution >= 4 is 10.2 Å². The van der Waals surface area contributed by atoms with Gasteiger partial charge in [-0.15, -0.1) is 0 Å². The van der Waals surface area contributed by atoms with Gasteiger partial charge in [0.1, 0.15) is 11.5 Å². The Hall–Kier alpha value is -0.850. The molecule has 0 aromatic carbocycles. The molecule has 0 saturated heterocycles. The minimum atomic E-state index is -3.45. The van der Waals surface area contributed by atoms with Gasteiger partial charge in [0.05, 0.1) is 0 Å². The second-order valence-electron chi connectivity index (χ2n) is 4.89. The maximum Gasteiger partial charge on any atom is 0.279 e. The normalized spacial score (nSPS) is 14.0. The van der Waals surface area contributed by atoms with Crippen LogP contribution in [0.15, 0.2) is 10.5 Å². The number of nitrogens with zero attached hydrogens (tertiary/aromatic N) is 1. The van der Waals surface area contributed by atoms with Crippen LogP contribution in [0.25, 0.3) is 0 Å². The van der Waals surface area contributed by atoms with Crippen LogP contribution >= 0.6 is 0 Å². The van der Waals surface area contributed by atoms with E-state index in [1.165, 1.54) is 4.31 Å². The SMILES string of the molecule is CCCCN(C)S(=O)(=O)N[C@H](C)c1cc(C)oc1C. The van der Waals surface area contributed by atoms with Crippen molar-refractivity contribution in [2.45, 2.75) is 46.6 Å². The van der Waals surface area contributed by atoms with E-state index >= 15 is 0 Å². The highest BCUT2D eigenvalue weighted by molar-refractivity contribution is 7.87. The molecule has 1 aromatic rings. The lowest BCUT2D eigenvalue weighted by Gasteiger charge is -2.20. The minimum absolute atomic E-state index is 0.300. The van der Waals surface area contributed by atoms with Crippen molar-refractivity contribution in [3.8, 4) is 0 Å². The van der Waals surface area contributed by atoms with Gasteiger partial charge in [-0.1, -0.05) is 13.3 Å². The van der Waals surface area contributed by atoms with Crippen LogP contribution in [0.3, 0.4) is 0 Å². The molecule has 0 fully saturated rings. The molecule has 0 spiro atoms. The molecule has 0 aliphatic heterocycles. The van der Waals surface area contributed by atoms with Crippen LogP contribution in [0.5, 0.6) is 0 Å². The Kier molecular flexibility index (Phi) is 5.58. The molecule has 1 aromatic heterocycles. The third-order valence-electron chi connectivity index (χ3n) is 3.11. The summed E-state index contributed by atoms with van der Waals surface area (Å²) in [6.07, 6.45) is 1.82. The summed E-state index contributed by atoms with van der Waals surface area (Å²) >= 11 is 0. The molecule has 0 radical (unpaired) electrons. The molecule has 19 heavy (non-hydrogen) atoms. The van der Waals surface area contributed by atoms with Gasteiger partial charge in [0.25, 0.3) is 10.2 Å². The summed E-state index contributed by atoms with van der Waals surface area (Å²) in [5.41, 5.74) is 0.880. The Bertz CT molecular complexity index is 508. The second-order valence-corrected chi connectivity index (χ2v) is 6.70. The van der Waals surface area contributed by atoms with Crippen molar-refractivity contribution in [1.82, 2.24) is 9.03 Å². The molecule has 6 heteroatoms. The fourth-order valence-corrected chi connectivity index (χ4v) is 3.08. The molecular formula is C13H24N2O3S. The molecule has 0 bridgehead atoms. The van der Waals surface area contributed by atoms with Gasteiger partial charge in [-0.25, -0.2) is 0 Å².